The number of aromatic nitrogens is 1. The van der Waals surface area contributed by atoms with E-state index >= 15 is 0 Å². The van der Waals surface area contributed by atoms with Crippen molar-refractivity contribution in [2.45, 2.75) is 26.4 Å². The van der Waals surface area contributed by atoms with Crippen LogP contribution in [0.25, 0.3) is 0 Å². The van der Waals surface area contributed by atoms with Crippen LogP contribution in [0.5, 0.6) is 11.5 Å². The van der Waals surface area contributed by atoms with Crippen LogP contribution in [-0.4, -0.2) is 24.1 Å². The third-order valence-electron chi connectivity index (χ3n) is 3.84. The van der Waals surface area contributed by atoms with Crippen LogP contribution in [0.2, 0.25) is 0 Å². The average molecular weight is 347 g/mol. The van der Waals surface area contributed by atoms with Gasteiger partial charge >= 0.3 is 0 Å². The zero-order valence-electron chi connectivity index (χ0n) is 13.7. The molecule has 1 unspecified atom stereocenters. The second-order valence-electron chi connectivity index (χ2n) is 5.93. The molecule has 1 aromatic carbocycles. The Morgan fingerprint density at radius 1 is 1.33 bits per heavy atom. The van der Waals surface area contributed by atoms with Crippen molar-refractivity contribution in [2.24, 2.45) is 11.7 Å². The first-order valence-corrected chi connectivity index (χ1v) is 8.81. The monoisotopic (exact) mass is 347 g/mol. The predicted octanol–water partition coefficient (Wildman–Crippen LogP) is 2.50. The summed E-state index contributed by atoms with van der Waals surface area (Å²) in [5.41, 5.74) is 6.95. The number of amides is 1. The number of rotatable bonds is 5. The second kappa shape index (κ2) is 7.19. The molecular formula is C17H21N3O3S. The highest BCUT2D eigenvalue weighted by Crippen LogP contribution is 2.34. The van der Waals surface area contributed by atoms with Crippen molar-refractivity contribution in [3.05, 3.63) is 39.8 Å². The molecule has 1 amide bonds. The molecule has 6 nitrogen and oxygen atoms in total. The number of thiazole rings is 1. The molecule has 3 N–H and O–H groups in total. The number of nitrogens with two attached hydrogens (primary N) is 1. The Morgan fingerprint density at radius 3 is 2.75 bits per heavy atom. The lowest BCUT2D eigenvalue weighted by Crippen LogP contribution is -2.32. The molecule has 2 aromatic rings. The van der Waals surface area contributed by atoms with E-state index < -0.39 is 0 Å². The molecule has 0 bridgehead atoms. The van der Waals surface area contributed by atoms with E-state index in [2.05, 4.69) is 24.1 Å². The molecule has 1 aliphatic heterocycles. The molecule has 0 saturated carbocycles. The van der Waals surface area contributed by atoms with Gasteiger partial charge in [-0.05, 0) is 23.6 Å². The number of nitrogens with one attached hydrogen (secondary N) is 1. The molecule has 0 aliphatic carbocycles. The van der Waals surface area contributed by atoms with Gasteiger partial charge in [-0.15, -0.1) is 11.3 Å². The van der Waals surface area contributed by atoms with Gasteiger partial charge in [0.1, 0.15) is 23.9 Å². The number of carbonyl (C=O) groups is 1. The number of benzene rings is 1. The summed E-state index contributed by atoms with van der Waals surface area (Å²) in [6.45, 7) is 5.57. The van der Waals surface area contributed by atoms with Crippen molar-refractivity contribution in [2.75, 3.05) is 13.2 Å². The van der Waals surface area contributed by atoms with Crippen LogP contribution >= 0.6 is 11.3 Å². The van der Waals surface area contributed by atoms with Crippen molar-refractivity contribution < 1.29 is 14.3 Å². The van der Waals surface area contributed by atoms with E-state index in [0.29, 0.717) is 25.5 Å². The van der Waals surface area contributed by atoms with Crippen LogP contribution in [0.1, 0.15) is 40.9 Å². The van der Waals surface area contributed by atoms with Gasteiger partial charge in [-0.1, -0.05) is 19.9 Å². The largest absolute Gasteiger partial charge is 0.486 e. The summed E-state index contributed by atoms with van der Waals surface area (Å²) in [5, 5.41) is 5.55. The number of hydrogen-bond donors (Lipinski definition) is 2. The van der Waals surface area contributed by atoms with Crippen LogP contribution < -0.4 is 20.5 Å². The van der Waals surface area contributed by atoms with E-state index in [4.69, 9.17) is 15.2 Å². The first-order valence-electron chi connectivity index (χ1n) is 7.93. The highest BCUT2D eigenvalue weighted by molar-refractivity contribution is 7.09. The van der Waals surface area contributed by atoms with Crippen molar-refractivity contribution in [1.82, 2.24) is 10.3 Å². The molecule has 7 heteroatoms. The summed E-state index contributed by atoms with van der Waals surface area (Å²) in [5.74, 6) is 1.48. The quantitative estimate of drug-likeness (QED) is 0.868. The molecule has 1 atom stereocenters. The lowest BCUT2D eigenvalue weighted by atomic mass is 9.95. The summed E-state index contributed by atoms with van der Waals surface area (Å²) < 4.78 is 11.2. The minimum Gasteiger partial charge on any atom is -0.486 e. The third-order valence-corrected chi connectivity index (χ3v) is 4.71. The fraction of sp³-hybridized carbons (Fsp3) is 0.412. The average Bonchev–Trinajstić information content (AvgIpc) is 3.08. The minimum atomic E-state index is -0.195. The zero-order valence-corrected chi connectivity index (χ0v) is 14.6. The first-order chi connectivity index (χ1) is 11.6. The number of nitrogens with zero attached hydrogens (tertiary/aromatic N) is 1. The van der Waals surface area contributed by atoms with Gasteiger partial charge in [0, 0.05) is 11.9 Å². The third kappa shape index (κ3) is 3.52. The van der Waals surface area contributed by atoms with Crippen LogP contribution in [0, 0.1) is 5.92 Å². The number of fused-ring (bicyclic) bond motifs is 1. The lowest BCUT2D eigenvalue weighted by Gasteiger charge is -2.25. The first kappa shape index (κ1) is 16.7. The van der Waals surface area contributed by atoms with Crippen molar-refractivity contribution in [1.29, 1.82) is 0 Å². The molecule has 0 fully saturated rings. The summed E-state index contributed by atoms with van der Waals surface area (Å²) in [6, 6.07) is 5.65. The molecule has 128 valence electrons. The maximum atomic E-state index is 12.5. The fourth-order valence-electron chi connectivity index (χ4n) is 2.61. The molecule has 1 aliphatic rings. The van der Waals surface area contributed by atoms with E-state index in [9.17, 15) is 4.79 Å². The van der Waals surface area contributed by atoms with Crippen molar-refractivity contribution in [3.8, 4) is 11.5 Å². The van der Waals surface area contributed by atoms with E-state index in [1.807, 2.05) is 18.2 Å². The summed E-state index contributed by atoms with van der Waals surface area (Å²) in [4.78, 5) is 16.7. The summed E-state index contributed by atoms with van der Waals surface area (Å²) in [7, 11) is 0. The van der Waals surface area contributed by atoms with Gasteiger partial charge in [0.2, 0.25) is 0 Å². The van der Waals surface area contributed by atoms with Gasteiger partial charge in [-0.3, -0.25) is 4.79 Å². The normalized spacial score (nSPS) is 14.5. The Labute approximate surface area is 145 Å². The Kier molecular flexibility index (Phi) is 5.01. The Bertz CT molecular complexity index is 730. The molecule has 2 heterocycles. The van der Waals surface area contributed by atoms with Gasteiger partial charge in [0.15, 0.2) is 11.5 Å². The predicted molar refractivity (Wildman–Crippen MR) is 92.5 cm³/mol. The maximum absolute atomic E-state index is 12.5. The topological polar surface area (TPSA) is 86.5 Å². The van der Waals surface area contributed by atoms with Gasteiger partial charge in [0.25, 0.3) is 5.91 Å². The molecule has 1 aromatic heterocycles. The lowest BCUT2D eigenvalue weighted by molar-refractivity contribution is 0.0920. The minimum absolute atomic E-state index is 0.142. The fourth-order valence-corrected chi connectivity index (χ4v) is 3.27. The zero-order chi connectivity index (χ0) is 17.1. The number of hydrogen-bond acceptors (Lipinski definition) is 6. The Morgan fingerprint density at radius 2 is 2.08 bits per heavy atom. The van der Waals surface area contributed by atoms with Crippen molar-refractivity contribution >= 4 is 17.2 Å². The van der Waals surface area contributed by atoms with E-state index in [0.717, 1.165) is 22.1 Å². The van der Waals surface area contributed by atoms with Gasteiger partial charge in [0.05, 0.1) is 6.04 Å². The van der Waals surface area contributed by atoms with Crippen LogP contribution in [0.3, 0.4) is 0 Å². The highest BCUT2D eigenvalue weighted by atomic mass is 32.1. The standard InChI is InChI=1S/C17H21N3O3S/c1-10(2)16(20-17(21)12-9-24-15(8-18)19-12)11-3-4-13-14(7-11)23-6-5-22-13/h3-4,7,9-10,16H,5-6,8,18H2,1-2H3,(H,20,21). The molecular weight excluding hydrogens is 326 g/mol. The van der Waals surface area contributed by atoms with Crippen LogP contribution in [-0.2, 0) is 6.54 Å². The molecule has 24 heavy (non-hydrogen) atoms. The Balaban J connectivity index is 1.80. The van der Waals surface area contributed by atoms with E-state index in [1.54, 1.807) is 5.38 Å². The van der Waals surface area contributed by atoms with Crippen LogP contribution in [0.4, 0.5) is 0 Å². The van der Waals surface area contributed by atoms with E-state index in [1.165, 1.54) is 11.3 Å². The highest BCUT2D eigenvalue weighted by Gasteiger charge is 2.23. The van der Waals surface area contributed by atoms with Crippen LogP contribution in [0.15, 0.2) is 23.6 Å². The van der Waals surface area contributed by atoms with E-state index in [-0.39, 0.29) is 17.9 Å². The smallest absolute Gasteiger partial charge is 0.271 e. The Hall–Kier alpha value is -2.12. The molecule has 0 saturated heterocycles. The van der Waals surface area contributed by atoms with Gasteiger partial charge in [-0.25, -0.2) is 4.98 Å². The number of ether oxygens (including phenoxy) is 2. The maximum Gasteiger partial charge on any atom is 0.271 e. The van der Waals surface area contributed by atoms with Crippen molar-refractivity contribution in [3.63, 3.8) is 0 Å². The molecule has 3 rings (SSSR count). The molecule has 0 spiro atoms. The SMILES string of the molecule is CC(C)C(NC(=O)c1csc(CN)n1)c1ccc2c(c1)OCCO2. The van der Waals surface area contributed by atoms with Gasteiger partial charge < -0.3 is 20.5 Å². The number of carbonyl (C=O) groups excluding carboxylic acids is 1. The second-order valence-corrected chi connectivity index (χ2v) is 6.87. The summed E-state index contributed by atoms with van der Waals surface area (Å²) >= 11 is 1.39. The molecule has 0 radical (unpaired) electrons. The van der Waals surface area contributed by atoms with Gasteiger partial charge in [-0.2, -0.15) is 0 Å². The summed E-state index contributed by atoms with van der Waals surface area (Å²) in [6.07, 6.45) is 0.